The predicted octanol–water partition coefficient (Wildman–Crippen LogP) is 2.19. The van der Waals surface area contributed by atoms with Crippen LogP contribution >= 0.6 is 35.1 Å². The van der Waals surface area contributed by atoms with Gasteiger partial charge in [0.2, 0.25) is 0 Å². The summed E-state index contributed by atoms with van der Waals surface area (Å²) in [6.07, 6.45) is 2.59. The molecule has 0 aromatic carbocycles. The molecule has 4 heteroatoms. The van der Waals surface area contributed by atoms with E-state index in [1.54, 1.807) is 0 Å². The first-order valence-corrected chi connectivity index (χ1v) is 5.26. The van der Waals surface area contributed by atoms with E-state index in [4.69, 9.17) is 0 Å². The smallest absolute Gasteiger partial charge is 0.199 e. The summed E-state index contributed by atoms with van der Waals surface area (Å²) < 4.78 is 0. The Morgan fingerprint density at radius 3 is 2.56 bits per heavy atom. The number of unbranched alkanes of at least 4 members (excludes halogenated alkanes) is 1. The van der Waals surface area contributed by atoms with Crippen LogP contribution in [0.15, 0.2) is 0 Å². The second kappa shape index (κ2) is 6.83. The molecule has 0 rings (SSSR count). The zero-order valence-corrected chi connectivity index (χ0v) is 7.64. The molecule has 0 heterocycles. The van der Waals surface area contributed by atoms with Crippen LogP contribution in [0, 0.1) is 0 Å². The Bertz CT molecular complexity index is 84.3. The maximum absolute atomic E-state index is 10.5. The molecule has 0 fully saturated rings. The van der Waals surface area contributed by atoms with Crippen LogP contribution in [-0.4, -0.2) is 10.9 Å². The lowest BCUT2D eigenvalue weighted by Gasteiger charge is -1.92. The highest BCUT2D eigenvalue weighted by molar-refractivity contribution is 8.74. The van der Waals surface area contributed by atoms with Crippen LogP contribution in [0.5, 0.6) is 0 Å². The fourth-order valence-electron chi connectivity index (χ4n) is 0.427. The lowest BCUT2D eigenvalue weighted by atomic mass is 10.3. The SMILES string of the molecule is O=C(CCCCS)SS. The van der Waals surface area contributed by atoms with Crippen LogP contribution in [-0.2, 0) is 4.79 Å². The largest absolute Gasteiger partial charge is 0.286 e. The predicted molar refractivity (Wildman–Crippen MR) is 49.3 cm³/mol. The van der Waals surface area contributed by atoms with E-state index in [2.05, 4.69) is 24.3 Å². The summed E-state index contributed by atoms with van der Waals surface area (Å²) >= 11 is 7.78. The standard InChI is InChI=1S/C5H10OS3/c6-5(9-8)3-1-2-4-7/h7-8H,1-4H2. The quantitative estimate of drug-likeness (QED) is 0.394. The van der Waals surface area contributed by atoms with Crippen molar-refractivity contribution in [2.75, 3.05) is 5.75 Å². The maximum Gasteiger partial charge on any atom is 0.199 e. The van der Waals surface area contributed by atoms with Crippen LogP contribution in [0.1, 0.15) is 19.3 Å². The monoisotopic (exact) mass is 182 g/mol. The van der Waals surface area contributed by atoms with E-state index < -0.39 is 0 Å². The van der Waals surface area contributed by atoms with Gasteiger partial charge in [0.25, 0.3) is 0 Å². The zero-order valence-electron chi connectivity index (χ0n) is 5.04. The molecule has 0 spiro atoms. The van der Waals surface area contributed by atoms with Gasteiger partial charge < -0.3 is 0 Å². The van der Waals surface area contributed by atoms with Crippen LogP contribution in [0.3, 0.4) is 0 Å². The van der Waals surface area contributed by atoms with Gasteiger partial charge in [0.05, 0.1) is 0 Å². The van der Waals surface area contributed by atoms with Crippen molar-refractivity contribution in [2.24, 2.45) is 0 Å². The number of thiol groups is 2. The van der Waals surface area contributed by atoms with Crippen molar-refractivity contribution in [1.29, 1.82) is 0 Å². The Labute approximate surface area is 70.2 Å². The molecule has 0 aromatic rings. The molecule has 0 aromatic heterocycles. The van der Waals surface area contributed by atoms with Crippen LogP contribution in [0.25, 0.3) is 0 Å². The van der Waals surface area contributed by atoms with Crippen molar-refractivity contribution in [3.63, 3.8) is 0 Å². The molecular formula is C5H10OS3. The van der Waals surface area contributed by atoms with E-state index in [0.717, 1.165) is 29.4 Å². The minimum atomic E-state index is 0.153. The molecule has 1 nitrogen and oxygen atoms in total. The van der Waals surface area contributed by atoms with E-state index in [9.17, 15) is 4.79 Å². The van der Waals surface area contributed by atoms with Gasteiger partial charge >= 0.3 is 0 Å². The van der Waals surface area contributed by atoms with Gasteiger partial charge in [0, 0.05) is 6.42 Å². The molecule has 0 amide bonds. The summed E-state index contributed by atoms with van der Waals surface area (Å²) in [5.74, 6) is 0.866. The molecule has 0 atom stereocenters. The first kappa shape index (κ1) is 9.72. The maximum atomic E-state index is 10.5. The molecule has 54 valence electrons. The highest BCUT2D eigenvalue weighted by atomic mass is 33.1. The highest BCUT2D eigenvalue weighted by Crippen LogP contribution is 2.11. The summed E-state index contributed by atoms with van der Waals surface area (Å²) in [7, 11) is 1.01. The van der Waals surface area contributed by atoms with E-state index in [-0.39, 0.29) is 5.12 Å². The van der Waals surface area contributed by atoms with Gasteiger partial charge in [-0.1, -0.05) is 0 Å². The van der Waals surface area contributed by atoms with Gasteiger partial charge in [0.15, 0.2) is 5.12 Å². The van der Waals surface area contributed by atoms with E-state index >= 15 is 0 Å². The van der Waals surface area contributed by atoms with Gasteiger partial charge in [0.1, 0.15) is 0 Å². The fraction of sp³-hybridized carbons (Fsp3) is 0.800. The molecule has 0 radical (unpaired) electrons. The normalized spacial score (nSPS) is 9.56. The lowest BCUT2D eigenvalue weighted by Crippen LogP contribution is -1.87. The second-order valence-electron chi connectivity index (χ2n) is 1.64. The topological polar surface area (TPSA) is 17.1 Å². The highest BCUT2D eigenvalue weighted by Gasteiger charge is 1.96. The van der Waals surface area contributed by atoms with Gasteiger partial charge in [-0.2, -0.15) is 12.6 Å². The summed E-state index contributed by atoms with van der Waals surface area (Å²) in [5, 5.41) is 0.153. The van der Waals surface area contributed by atoms with Gasteiger partial charge in [-0.3, -0.25) is 4.79 Å². The zero-order chi connectivity index (χ0) is 7.11. The summed E-state index contributed by atoms with van der Waals surface area (Å²) in [5.41, 5.74) is 0. The average molecular weight is 182 g/mol. The summed E-state index contributed by atoms with van der Waals surface area (Å²) in [6.45, 7) is 0. The van der Waals surface area contributed by atoms with E-state index in [1.165, 1.54) is 0 Å². The van der Waals surface area contributed by atoms with Gasteiger partial charge in [-0.25, -0.2) is 0 Å². The van der Waals surface area contributed by atoms with Gasteiger partial charge in [-0.15, -0.1) is 11.7 Å². The molecule has 0 aliphatic rings. The number of hydrogen-bond donors (Lipinski definition) is 2. The Balaban J connectivity index is 2.97. The van der Waals surface area contributed by atoms with Crippen molar-refractivity contribution in [2.45, 2.75) is 19.3 Å². The van der Waals surface area contributed by atoms with Crippen LogP contribution in [0.4, 0.5) is 0 Å². The van der Waals surface area contributed by atoms with Gasteiger partial charge in [-0.05, 0) is 29.4 Å². The van der Waals surface area contributed by atoms with Crippen molar-refractivity contribution >= 4 is 40.2 Å². The third-order valence-electron chi connectivity index (χ3n) is 0.891. The minimum Gasteiger partial charge on any atom is -0.286 e. The molecule has 0 aliphatic heterocycles. The first-order chi connectivity index (χ1) is 4.31. The Morgan fingerprint density at radius 1 is 1.44 bits per heavy atom. The van der Waals surface area contributed by atoms with E-state index in [1.807, 2.05) is 0 Å². The number of rotatable bonds is 4. The molecule has 0 bridgehead atoms. The number of carbonyl (C=O) groups is 1. The minimum absolute atomic E-state index is 0.153. The molecule has 0 N–H and O–H groups in total. The Kier molecular flexibility index (Phi) is 7.38. The summed E-state index contributed by atoms with van der Waals surface area (Å²) in [6, 6.07) is 0. The Hall–Kier alpha value is 0.720. The fourth-order valence-corrected chi connectivity index (χ4v) is 1.16. The molecule has 0 saturated carbocycles. The van der Waals surface area contributed by atoms with Crippen molar-refractivity contribution in [1.82, 2.24) is 0 Å². The third-order valence-corrected chi connectivity index (χ3v) is 2.23. The number of carbonyl (C=O) groups excluding carboxylic acids is 1. The van der Waals surface area contributed by atoms with Crippen molar-refractivity contribution < 1.29 is 4.79 Å². The molecule has 0 unspecified atom stereocenters. The molecule has 0 saturated heterocycles. The van der Waals surface area contributed by atoms with Crippen molar-refractivity contribution in [3.8, 4) is 0 Å². The molecule has 9 heavy (non-hydrogen) atoms. The summed E-state index contributed by atoms with van der Waals surface area (Å²) in [4.78, 5) is 10.5. The third kappa shape index (κ3) is 6.61. The molecule has 0 aliphatic carbocycles. The van der Waals surface area contributed by atoms with E-state index in [0.29, 0.717) is 6.42 Å². The second-order valence-corrected chi connectivity index (χ2v) is 3.28. The van der Waals surface area contributed by atoms with Crippen LogP contribution < -0.4 is 0 Å². The number of hydrogen-bond acceptors (Lipinski definition) is 4. The Morgan fingerprint density at radius 2 is 2.11 bits per heavy atom. The first-order valence-electron chi connectivity index (χ1n) is 2.76. The van der Waals surface area contributed by atoms with Crippen LogP contribution in [0.2, 0.25) is 0 Å². The van der Waals surface area contributed by atoms with Crippen molar-refractivity contribution in [3.05, 3.63) is 0 Å². The molecular weight excluding hydrogens is 172 g/mol. The lowest BCUT2D eigenvalue weighted by molar-refractivity contribution is -0.110. The average Bonchev–Trinajstić information content (AvgIpc) is 1.89.